The highest BCUT2D eigenvalue weighted by Crippen LogP contribution is 2.42. The average molecular weight is 445 g/mol. The van der Waals surface area contributed by atoms with Crippen LogP contribution in [0.4, 0.5) is 0 Å². The Bertz CT molecular complexity index is 828. The zero-order valence-electron chi connectivity index (χ0n) is 19.2. The molecule has 1 unspecified atom stereocenters. The zero-order valence-corrected chi connectivity index (χ0v) is 20.2. The number of ether oxygens (including phenoxy) is 3. The van der Waals surface area contributed by atoms with Gasteiger partial charge in [0.2, 0.25) is 0 Å². The van der Waals surface area contributed by atoms with E-state index < -0.39 is 50.2 Å². The lowest BCUT2D eigenvalue weighted by Gasteiger charge is -2.41. The Morgan fingerprint density at radius 1 is 1.27 bits per heavy atom. The van der Waals surface area contributed by atoms with Gasteiger partial charge in [-0.25, -0.2) is 4.79 Å². The van der Waals surface area contributed by atoms with Gasteiger partial charge in [-0.1, -0.05) is 20.8 Å². The Morgan fingerprint density at radius 2 is 1.90 bits per heavy atom. The monoisotopic (exact) mass is 444 g/mol. The largest absolute Gasteiger partial charge is 0.408 e. The fraction of sp³-hybridized carbons (Fsp3) is 0.800. The lowest BCUT2D eigenvalue weighted by atomic mass is 10.1. The molecule has 5 atom stereocenters. The van der Waals surface area contributed by atoms with Crippen molar-refractivity contribution in [3.63, 3.8) is 0 Å². The second-order valence-corrected chi connectivity index (χ2v) is 14.1. The summed E-state index contributed by atoms with van der Waals surface area (Å²) in [5.41, 5.74) is -0.684. The summed E-state index contributed by atoms with van der Waals surface area (Å²) in [6, 6.07) is 0. The van der Waals surface area contributed by atoms with Crippen molar-refractivity contribution in [2.45, 2.75) is 83.4 Å². The molecule has 9 nitrogen and oxygen atoms in total. The first kappa shape index (κ1) is 25.0. The van der Waals surface area contributed by atoms with Crippen molar-refractivity contribution in [2.24, 2.45) is 0 Å². The molecule has 0 aromatic carbocycles. The molecule has 0 saturated carbocycles. The fourth-order valence-electron chi connectivity index (χ4n) is 3.15. The van der Waals surface area contributed by atoms with Crippen molar-refractivity contribution in [3.8, 4) is 0 Å². The lowest BCUT2D eigenvalue weighted by Crippen LogP contribution is -2.51. The third kappa shape index (κ3) is 5.30. The van der Waals surface area contributed by atoms with Crippen LogP contribution in [-0.4, -0.2) is 67.7 Å². The van der Waals surface area contributed by atoms with Gasteiger partial charge in [0.25, 0.3) is 5.56 Å². The van der Waals surface area contributed by atoms with Crippen LogP contribution in [0.3, 0.4) is 0 Å². The maximum absolute atomic E-state index is 12.5. The molecule has 1 aliphatic rings. The molecular formula is C20H36N2O7Si. The average Bonchev–Trinajstić information content (AvgIpc) is 2.95. The van der Waals surface area contributed by atoms with Gasteiger partial charge in [0.05, 0.1) is 19.3 Å². The normalized spacial score (nSPS) is 26.2. The summed E-state index contributed by atoms with van der Waals surface area (Å²) < 4.78 is 25.2. The first-order valence-electron chi connectivity index (χ1n) is 10.2. The quantitative estimate of drug-likeness (QED) is 0.462. The summed E-state index contributed by atoms with van der Waals surface area (Å²) in [6.45, 7) is 14.5. The standard InChI is InChI=1S/C20H36N2O7Si/c1-12-11-22(19(25)21-17(12)24)18-16(27-10-9-26-6)15(14(28-18)13(2)23)29-30(7,8)20(3,4)5/h11,13-16,18,23H,9-10H2,1-8H3,(H,21,24,25)/t13-,14?,15+,16+,18+/m0/s1. The van der Waals surface area contributed by atoms with Gasteiger partial charge < -0.3 is 23.7 Å². The summed E-state index contributed by atoms with van der Waals surface area (Å²) in [4.78, 5) is 26.7. The van der Waals surface area contributed by atoms with Crippen LogP contribution < -0.4 is 11.2 Å². The van der Waals surface area contributed by atoms with E-state index in [1.54, 1.807) is 21.0 Å². The van der Waals surface area contributed by atoms with Gasteiger partial charge in [-0.3, -0.25) is 14.3 Å². The molecule has 30 heavy (non-hydrogen) atoms. The second kappa shape index (κ2) is 9.45. The predicted molar refractivity (Wildman–Crippen MR) is 115 cm³/mol. The molecule has 1 aromatic heterocycles. The molecule has 1 aromatic rings. The molecule has 0 spiro atoms. The highest BCUT2D eigenvalue weighted by Gasteiger charge is 2.53. The van der Waals surface area contributed by atoms with Gasteiger partial charge in [-0.15, -0.1) is 0 Å². The van der Waals surface area contributed by atoms with Gasteiger partial charge in [-0.05, 0) is 32.0 Å². The highest BCUT2D eigenvalue weighted by atomic mass is 28.4. The van der Waals surface area contributed by atoms with Crippen LogP contribution in [0.25, 0.3) is 0 Å². The number of methoxy groups -OCH3 is 1. The number of hydrogen-bond acceptors (Lipinski definition) is 7. The topological polar surface area (TPSA) is 112 Å². The Morgan fingerprint density at radius 3 is 2.43 bits per heavy atom. The van der Waals surface area contributed by atoms with E-state index in [9.17, 15) is 14.7 Å². The van der Waals surface area contributed by atoms with Crippen molar-refractivity contribution in [1.82, 2.24) is 9.55 Å². The Kier molecular flexibility index (Phi) is 7.87. The van der Waals surface area contributed by atoms with Crippen molar-refractivity contribution < 1.29 is 23.7 Å². The molecule has 1 saturated heterocycles. The summed E-state index contributed by atoms with van der Waals surface area (Å²) in [5.74, 6) is 0. The van der Waals surface area contributed by atoms with E-state index in [1.165, 1.54) is 10.8 Å². The maximum atomic E-state index is 12.5. The minimum atomic E-state index is -2.26. The smallest absolute Gasteiger partial charge is 0.330 e. The highest BCUT2D eigenvalue weighted by molar-refractivity contribution is 6.74. The second-order valence-electron chi connectivity index (χ2n) is 9.38. The first-order valence-corrected chi connectivity index (χ1v) is 13.1. The molecule has 0 amide bonds. The zero-order chi connectivity index (χ0) is 22.9. The molecule has 1 aliphatic heterocycles. The number of aromatic amines is 1. The van der Waals surface area contributed by atoms with Crippen LogP contribution in [0.5, 0.6) is 0 Å². The molecule has 2 N–H and O–H groups in total. The predicted octanol–water partition coefficient (Wildman–Crippen LogP) is 1.55. The van der Waals surface area contributed by atoms with Crippen LogP contribution >= 0.6 is 0 Å². The molecule has 1 fully saturated rings. The van der Waals surface area contributed by atoms with Gasteiger partial charge in [0.1, 0.15) is 18.3 Å². The van der Waals surface area contributed by atoms with E-state index in [-0.39, 0.29) is 11.6 Å². The summed E-state index contributed by atoms with van der Waals surface area (Å²) in [6.07, 6.45) is -2.22. The van der Waals surface area contributed by atoms with Crippen molar-refractivity contribution >= 4 is 8.32 Å². The number of aliphatic hydroxyl groups excluding tert-OH is 1. The van der Waals surface area contributed by atoms with E-state index in [0.29, 0.717) is 12.2 Å². The summed E-state index contributed by atoms with van der Waals surface area (Å²) in [7, 11) is -0.685. The van der Waals surface area contributed by atoms with E-state index in [2.05, 4.69) is 38.8 Å². The number of aromatic nitrogens is 2. The third-order valence-corrected chi connectivity index (χ3v) is 10.4. The molecule has 172 valence electrons. The Balaban J connectivity index is 2.50. The fourth-order valence-corrected chi connectivity index (χ4v) is 4.45. The number of aryl methyl sites for hydroxylation is 1. The Labute approximate surface area is 178 Å². The Hall–Kier alpha value is -1.30. The molecule has 0 radical (unpaired) electrons. The molecule has 0 aliphatic carbocycles. The minimum Gasteiger partial charge on any atom is -0.408 e. The number of nitrogens with one attached hydrogen (secondary N) is 1. The number of aliphatic hydroxyl groups is 1. The van der Waals surface area contributed by atoms with Crippen LogP contribution in [0.1, 0.15) is 39.5 Å². The van der Waals surface area contributed by atoms with Crippen molar-refractivity contribution in [2.75, 3.05) is 20.3 Å². The third-order valence-electron chi connectivity index (χ3n) is 5.96. The molecule has 2 heterocycles. The molecule has 10 heteroatoms. The van der Waals surface area contributed by atoms with Gasteiger partial charge in [0, 0.05) is 18.9 Å². The number of hydrogen-bond donors (Lipinski definition) is 2. The van der Waals surface area contributed by atoms with Crippen LogP contribution in [0, 0.1) is 6.92 Å². The van der Waals surface area contributed by atoms with E-state index >= 15 is 0 Å². The summed E-state index contributed by atoms with van der Waals surface area (Å²) >= 11 is 0. The van der Waals surface area contributed by atoms with E-state index in [0.717, 1.165) is 0 Å². The van der Waals surface area contributed by atoms with E-state index in [1.807, 2.05) is 0 Å². The molecule has 2 rings (SSSR count). The van der Waals surface area contributed by atoms with Gasteiger partial charge in [0.15, 0.2) is 14.5 Å². The number of H-pyrrole nitrogens is 1. The summed E-state index contributed by atoms with van der Waals surface area (Å²) in [5, 5.41) is 10.4. The van der Waals surface area contributed by atoms with Gasteiger partial charge in [-0.2, -0.15) is 0 Å². The van der Waals surface area contributed by atoms with E-state index in [4.69, 9.17) is 18.6 Å². The van der Waals surface area contributed by atoms with Crippen molar-refractivity contribution in [3.05, 3.63) is 32.6 Å². The lowest BCUT2D eigenvalue weighted by molar-refractivity contribution is -0.0902. The first-order chi connectivity index (χ1) is 13.8. The molecule has 0 bridgehead atoms. The minimum absolute atomic E-state index is 0.0726. The number of rotatable bonds is 8. The van der Waals surface area contributed by atoms with Gasteiger partial charge >= 0.3 is 5.69 Å². The van der Waals surface area contributed by atoms with Crippen LogP contribution in [-0.2, 0) is 18.6 Å². The SMILES string of the molecule is COCCO[C@@H]1[C@H](O[Si](C)(C)C(C)(C)C)C([C@H](C)O)O[C@H]1n1cc(C)c(=O)[nH]c1=O. The van der Waals surface area contributed by atoms with Crippen LogP contribution in [0.15, 0.2) is 15.8 Å². The molecular weight excluding hydrogens is 408 g/mol. The van der Waals surface area contributed by atoms with Crippen LogP contribution in [0.2, 0.25) is 18.1 Å². The maximum Gasteiger partial charge on any atom is 0.330 e. The number of nitrogens with zero attached hydrogens (tertiary/aromatic N) is 1. The van der Waals surface area contributed by atoms with Crippen molar-refractivity contribution in [1.29, 1.82) is 0 Å².